The number of rotatable bonds is 3. The van der Waals surface area contributed by atoms with Gasteiger partial charge >= 0.3 is 5.92 Å². The summed E-state index contributed by atoms with van der Waals surface area (Å²) in [6, 6.07) is 0. The average molecular weight is 215 g/mol. The van der Waals surface area contributed by atoms with Crippen LogP contribution in [0.3, 0.4) is 0 Å². The van der Waals surface area contributed by atoms with Gasteiger partial charge in [-0.2, -0.15) is 20.5 Å². The Bertz CT molecular complexity index is 180. The molecule has 0 spiro atoms. The van der Waals surface area contributed by atoms with Crippen molar-refractivity contribution in [3.8, 4) is 0 Å². The number of hydrogen-bond donors (Lipinski definition) is 0. The third kappa shape index (κ3) is 2.59. The Kier molecular flexibility index (Phi) is 3.35. The molecule has 1 nitrogen and oxygen atoms in total. The number of hydrogen-bond acceptors (Lipinski definition) is 2. The van der Waals surface area contributed by atoms with E-state index in [2.05, 4.69) is 0 Å². The van der Waals surface area contributed by atoms with Gasteiger partial charge in [0, 0.05) is 11.7 Å². The van der Waals surface area contributed by atoms with E-state index in [0.717, 1.165) is 18.6 Å². The van der Waals surface area contributed by atoms with Gasteiger partial charge in [-0.05, 0) is 30.2 Å². The highest BCUT2D eigenvalue weighted by Crippen LogP contribution is 2.35. The molecule has 1 saturated heterocycles. The van der Waals surface area contributed by atoms with E-state index in [9.17, 15) is 13.6 Å². The van der Waals surface area contributed by atoms with E-state index >= 15 is 0 Å². The van der Waals surface area contributed by atoms with Crippen LogP contribution in [0.1, 0.15) is 19.3 Å². The largest absolute Gasteiger partial charge is 0.321 e. The van der Waals surface area contributed by atoms with Gasteiger partial charge in [0.2, 0.25) is 0 Å². The predicted octanol–water partition coefficient (Wildman–Crippen LogP) is 2.67. The van der Waals surface area contributed by atoms with Crippen molar-refractivity contribution in [2.45, 2.75) is 30.4 Å². The van der Waals surface area contributed by atoms with Crippen LogP contribution in [-0.4, -0.2) is 22.2 Å². The third-order valence-electron chi connectivity index (χ3n) is 1.80. The molecule has 0 aromatic rings. The molecule has 0 saturated carbocycles. The first kappa shape index (κ1) is 10.3. The Hall–Kier alpha value is 0.170. The first-order valence-corrected chi connectivity index (χ1v) is 5.14. The average Bonchev–Trinajstić information content (AvgIpc) is 2.38. The minimum absolute atomic E-state index is 0.0947. The molecule has 1 unspecified atom stereocenters. The van der Waals surface area contributed by atoms with Gasteiger partial charge in [-0.25, -0.2) is 0 Å². The van der Waals surface area contributed by atoms with Crippen molar-refractivity contribution in [3.63, 3.8) is 0 Å². The summed E-state index contributed by atoms with van der Waals surface area (Å²) in [7, 11) is 0. The van der Waals surface area contributed by atoms with Gasteiger partial charge in [0.1, 0.15) is 0 Å². The second-order valence-corrected chi connectivity index (χ2v) is 4.57. The van der Waals surface area contributed by atoms with Crippen LogP contribution in [0.15, 0.2) is 0 Å². The van der Waals surface area contributed by atoms with E-state index in [0.29, 0.717) is 0 Å². The Morgan fingerprint density at radius 1 is 1.67 bits per heavy atom. The predicted molar refractivity (Wildman–Crippen MR) is 45.9 cm³/mol. The van der Waals surface area contributed by atoms with Crippen molar-refractivity contribution in [1.82, 2.24) is 0 Å². The molecule has 0 aromatic heterocycles. The first-order valence-electron chi connectivity index (χ1n) is 3.72. The SMILES string of the molecule is O=C(Cl)C(F)(F)CC1CCCS1. The molecule has 0 radical (unpaired) electrons. The topological polar surface area (TPSA) is 17.1 Å². The smallest absolute Gasteiger partial charge is 0.274 e. The van der Waals surface area contributed by atoms with E-state index in [1.165, 1.54) is 11.8 Å². The number of alkyl halides is 2. The molecule has 0 N–H and O–H groups in total. The molecule has 1 fully saturated rings. The van der Waals surface area contributed by atoms with Crippen molar-refractivity contribution in [1.29, 1.82) is 0 Å². The molecule has 1 heterocycles. The molecule has 1 aliphatic heterocycles. The summed E-state index contributed by atoms with van der Waals surface area (Å²) in [5.41, 5.74) is 0. The monoisotopic (exact) mass is 214 g/mol. The second kappa shape index (κ2) is 3.92. The Morgan fingerprint density at radius 3 is 2.75 bits per heavy atom. The van der Waals surface area contributed by atoms with E-state index in [1.807, 2.05) is 0 Å². The van der Waals surface area contributed by atoms with Crippen molar-refractivity contribution in [3.05, 3.63) is 0 Å². The standard InChI is InChI=1S/C7H9ClF2OS/c8-6(11)7(9,10)4-5-2-1-3-12-5/h5H,1-4H2. The summed E-state index contributed by atoms with van der Waals surface area (Å²) in [4.78, 5) is 10.3. The van der Waals surface area contributed by atoms with Crippen molar-refractivity contribution in [2.75, 3.05) is 5.75 Å². The van der Waals surface area contributed by atoms with Gasteiger partial charge in [0.15, 0.2) is 0 Å². The molecule has 0 amide bonds. The van der Waals surface area contributed by atoms with E-state index < -0.39 is 17.6 Å². The zero-order valence-electron chi connectivity index (χ0n) is 6.36. The molecule has 1 atom stereocenters. The summed E-state index contributed by atoms with van der Waals surface area (Å²) < 4.78 is 25.4. The maximum atomic E-state index is 12.7. The summed E-state index contributed by atoms with van der Waals surface area (Å²) in [5, 5.41) is -1.63. The minimum atomic E-state index is -3.33. The molecule has 0 bridgehead atoms. The maximum Gasteiger partial charge on any atom is 0.321 e. The van der Waals surface area contributed by atoms with Crippen LogP contribution in [-0.2, 0) is 4.79 Å². The lowest BCUT2D eigenvalue weighted by molar-refractivity contribution is -0.134. The molecular formula is C7H9ClF2OS. The number of thioether (sulfide) groups is 1. The lowest BCUT2D eigenvalue weighted by atomic mass is 10.1. The summed E-state index contributed by atoms with van der Waals surface area (Å²) in [6.45, 7) is 0. The van der Waals surface area contributed by atoms with Crippen LogP contribution in [0.25, 0.3) is 0 Å². The van der Waals surface area contributed by atoms with Crippen LogP contribution in [0.5, 0.6) is 0 Å². The van der Waals surface area contributed by atoms with E-state index in [1.54, 1.807) is 0 Å². The van der Waals surface area contributed by atoms with Crippen molar-refractivity contribution in [2.24, 2.45) is 0 Å². The summed E-state index contributed by atoms with van der Waals surface area (Å²) >= 11 is 6.25. The highest BCUT2D eigenvalue weighted by molar-refractivity contribution is 8.00. The number of carbonyl (C=O) groups is 1. The Balaban J connectivity index is 2.42. The fourth-order valence-corrected chi connectivity index (χ4v) is 2.58. The molecule has 1 rings (SSSR count). The molecule has 12 heavy (non-hydrogen) atoms. The number of carbonyl (C=O) groups excluding carboxylic acids is 1. The molecular weight excluding hydrogens is 206 g/mol. The van der Waals surface area contributed by atoms with Crippen LogP contribution >= 0.6 is 23.4 Å². The molecule has 1 aliphatic rings. The Labute approximate surface area is 78.8 Å². The number of halogens is 3. The van der Waals surface area contributed by atoms with Crippen LogP contribution in [0.2, 0.25) is 0 Å². The van der Waals surface area contributed by atoms with Gasteiger partial charge in [-0.1, -0.05) is 0 Å². The van der Waals surface area contributed by atoms with E-state index in [-0.39, 0.29) is 5.25 Å². The molecule has 5 heteroatoms. The fraction of sp³-hybridized carbons (Fsp3) is 0.857. The fourth-order valence-electron chi connectivity index (χ4n) is 1.17. The molecule has 70 valence electrons. The normalized spacial score (nSPS) is 24.4. The van der Waals surface area contributed by atoms with Gasteiger partial charge in [-0.15, -0.1) is 0 Å². The van der Waals surface area contributed by atoms with Crippen LogP contribution in [0.4, 0.5) is 8.78 Å². The van der Waals surface area contributed by atoms with Gasteiger partial charge in [-0.3, -0.25) is 4.79 Å². The van der Waals surface area contributed by atoms with Crippen LogP contribution in [0, 0.1) is 0 Å². The van der Waals surface area contributed by atoms with E-state index in [4.69, 9.17) is 11.6 Å². The quantitative estimate of drug-likeness (QED) is 0.672. The lowest BCUT2D eigenvalue weighted by Gasteiger charge is -2.14. The Morgan fingerprint density at radius 2 is 2.33 bits per heavy atom. The maximum absolute atomic E-state index is 12.7. The second-order valence-electron chi connectivity index (χ2n) is 2.82. The zero-order chi connectivity index (χ0) is 9.19. The van der Waals surface area contributed by atoms with Gasteiger partial charge in [0.25, 0.3) is 5.24 Å². The summed E-state index contributed by atoms with van der Waals surface area (Å²) in [5.74, 6) is -2.42. The lowest BCUT2D eigenvalue weighted by Crippen LogP contribution is -2.27. The molecule has 0 aliphatic carbocycles. The minimum Gasteiger partial charge on any atom is -0.274 e. The van der Waals surface area contributed by atoms with Crippen LogP contribution < -0.4 is 0 Å². The van der Waals surface area contributed by atoms with Crippen molar-refractivity contribution >= 4 is 28.6 Å². The third-order valence-corrected chi connectivity index (χ3v) is 3.47. The molecule has 0 aromatic carbocycles. The zero-order valence-corrected chi connectivity index (χ0v) is 7.93. The summed E-state index contributed by atoms with van der Waals surface area (Å²) in [6.07, 6.45) is 1.33. The highest BCUT2D eigenvalue weighted by Gasteiger charge is 2.40. The van der Waals surface area contributed by atoms with Gasteiger partial charge in [0.05, 0.1) is 0 Å². The first-order chi connectivity index (χ1) is 5.52. The highest BCUT2D eigenvalue weighted by atomic mass is 35.5. The van der Waals surface area contributed by atoms with Gasteiger partial charge < -0.3 is 0 Å². The van der Waals surface area contributed by atoms with Crippen molar-refractivity contribution < 1.29 is 13.6 Å².